The Hall–Kier alpha value is -6.64. The SMILES string of the molecule is c1ccc(-c2ccc(-n3c4ccccc4c4cccc(-c5ccc(Nc6cccc(-c7ccccc7)c6)c(-c6ccccc6)c5)c43)cc2)cc1. The molecule has 50 heavy (non-hydrogen) atoms. The molecule has 0 saturated heterocycles. The van der Waals surface area contributed by atoms with Crippen LogP contribution in [0.15, 0.2) is 200 Å². The molecule has 1 heterocycles. The van der Waals surface area contributed by atoms with E-state index in [-0.39, 0.29) is 0 Å². The molecule has 1 N–H and O–H groups in total. The number of aromatic nitrogens is 1. The quantitative estimate of drug-likeness (QED) is 0.184. The van der Waals surface area contributed by atoms with E-state index in [1.165, 1.54) is 60.8 Å². The summed E-state index contributed by atoms with van der Waals surface area (Å²) in [4.78, 5) is 0. The lowest BCUT2D eigenvalue weighted by molar-refractivity contribution is 1.18. The molecule has 0 saturated carbocycles. The highest BCUT2D eigenvalue weighted by molar-refractivity contribution is 6.14. The fourth-order valence-electron chi connectivity index (χ4n) is 7.19. The van der Waals surface area contributed by atoms with E-state index in [0.717, 1.165) is 22.6 Å². The van der Waals surface area contributed by atoms with Gasteiger partial charge in [0.2, 0.25) is 0 Å². The summed E-state index contributed by atoms with van der Waals surface area (Å²) < 4.78 is 2.43. The molecular weight excluding hydrogens is 605 g/mol. The van der Waals surface area contributed by atoms with Gasteiger partial charge in [0.05, 0.1) is 11.0 Å². The van der Waals surface area contributed by atoms with E-state index >= 15 is 0 Å². The van der Waals surface area contributed by atoms with Crippen molar-refractivity contribution in [3.63, 3.8) is 0 Å². The highest BCUT2D eigenvalue weighted by Gasteiger charge is 2.18. The number of fused-ring (bicyclic) bond motifs is 3. The Morgan fingerprint density at radius 3 is 1.64 bits per heavy atom. The lowest BCUT2D eigenvalue weighted by Crippen LogP contribution is -1.97. The largest absolute Gasteiger partial charge is 0.355 e. The van der Waals surface area contributed by atoms with Gasteiger partial charge in [0.15, 0.2) is 0 Å². The Bertz CT molecular complexity index is 2580. The molecule has 9 rings (SSSR count). The first-order valence-corrected chi connectivity index (χ1v) is 17.1. The van der Waals surface area contributed by atoms with Gasteiger partial charge in [0.1, 0.15) is 0 Å². The van der Waals surface area contributed by atoms with E-state index in [0.29, 0.717) is 0 Å². The van der Waals surface area contributed by atoms with E-state index in [4.69, 9.17) is 0 Å². The molecule has 8 aromatic carbocycles. The monoisotopic (exact) mass is 638 g/mol. The summed E-state index contributed by atoms with van der Waals surface area (Å²) in [6, 6.07) is 71.7. The molecular formula is C48H34N2. The molecule has 0 aliphatic carbocycles. The number of para-hydroxylation sites is 2. The second-order valence-electron chi connectivity index (χ2n) is 12.7. The van der Waals surface area contributed by atoms with Gasteiger partial charge >= 0.3 is 0 Å². The van der Waals surface area contributed by atoms with Crippen molar-refractivity contribution in [2.75, 3.05) is 5.32 Å². The highest BCUT2D eigenvalue weighted by atomic mass is 15.0. The van der Waals surface area contributed by atoms with E-state index in [1.807, 2.05) is 0 Å². The van der Waals surface area contributed by atoms with Crippen LogP contribution < -0.4 is 5.32 Å². The van der Waals surface area contributed by atoms with Gasteiger partial charge in [0.25, 0.3) is 0 Å². The van der Waals surface area contributed by atoms with Crippen LogP contribution in [0.4, 0.5) is 11.4 Å². The number of anilines is 2. The van der Waals surface area contributed by atoms with Gasteiger partial charge in [-0.05, 0) is 75.8 Å². The minimum Gasteiger partial charge on any atom is -0.355 e. The third-order valence-electron chi connectivity index (χ3n) is 9.59. The summed E-state index contributed by atoms with van der Waals surface area (Å²) in [5.74, 6) is 0. The second kappa shape index (κ2) is 12.8. The first kappa shape index (κ1) is 29.5. The van der Waals surface area contributed by atoms with Crippen LogP contribution in [0.1, 0.15) is 0 Å². The predicted molar refractivity (Wildman–Crippen MR) is 212 cm³/mol. The van der Waals surface area contributed by atoms with Crippen LogP contribution in [-0.2, 0) is 0 Å². The summed E-state index contributed by atoms with van der Waals surface area (Å²) in [5, 5.41) is 6.26. The summed E-state index contributed by atoms with van der Waals surface area (Å²) in [6.07, 6.45) is 0. The van der Waals surface area contributed by atoms with Gasteiger partial charge in [0, 0.05) is 39.0 Å². The van der Waals surface area contributed by atoms with Crippen LogP contribution in [-0.4, -0.2) is 4.57 Å². The summed E-state index contributed by atoms with van der Waals surface area (Å²) >= 11 is 0. The topological polar surface area (TPSA) is 17.0 Å². The molecule has 2 heteroatoms. The molecule has 0 amide bonds. The Kier molecular flexibility index (Phi) is 7.53. The van der Waals surface area contributed by atoms with Gasteiger partial charge in [-0.15, -0.1) is 0 Å². The zero-order valence-electron chi connectivity index (χ0n) is 27.5. The van der Waals surface area contributed by atoms with E-state index in [1.54, 1.807) is 0 Å². The van der Waals surface area contributed by atoms with Crippen LogP contribution in [0.5, 0.6) is 0 Å². The molecule has 0 atom stereocenters. The average Bonchev–Trinajstić information content (AvgIpc) is 3.54. The van der Waals surface area contributed by atoms with Crippen molar-refractivity contribution in [3.05, 3.63) is 200 Å². The fraction of sp³-hybridized carbons (Fsp3) is 0. The molecule has 0 aliphatic heterocycles. The number of benzene rings is 8. The first-order valence-electron chi connectivity index (χ1n) is 17.1. The molecule has 9 aromatic rings. The Morgan fingerprint density at radius 1 is 0.340 bits per heavy atom. The number of hydrogen-bond donors (Lipinski definition) is 1. The molecule has 2 nitrogen and oxygen atoms in total. The van der Waals surface area contributed by atoms with Crippen molar-refractivity contribution < 1.29 is 0 Å². The maximum atomic E-state index is 3.77. The molecule has 236 valence electrons. The predicted octanol–water partition coefficient (Wildman–Crippen LogP) is 13.2. The first-order chi connectivity index (χ1) is 24.8. The van der Waals surface area contributed by atoms with Crippen molar-refractivity contribution in [1.82, 2.24) is 4.57 Å². The van der Waals surface area contributed by atoms with Crippen molar-refractivity contribution in [1.29, 1.82) is 0 Å². The normalized spacial score (nSPS) is 11.2. The third kappa shape index (κ3) is 5.43. The fourth-order valence-corrected chi connectivity index (χ4v) is 7.19. The van der Waals surface area contributed by atoms with E-state index < -0.39 is 0 Å². The zero-order chi connectivity index (χ0) is 33.3. The lowest BCUT2D eigenvalue weighted by atomic mass is 9.95. The van der Waals surface area contributed by atoms with Gasteiger partial charge in [-0.2, -0.15) is 0 Å². The molecule has 0 bridgehead atoms. The van der Waals surface area contributed by atoms with Crippen molar-refractivity contribution >= 4 is 33.2 Å². The van der Waals surface area contributed by atoms with Crippen LogP contribution in [0, 0.1) is 0 Å². The summed E-state index contributed by atoms with van der Waals surface area (Å²) in [6.45, 7) is 0. The minimum absolute atomic E-state index is 1.05. The van der Waals surface area contributed by atoms with Gasteiger partial charge < -0.3 is 9.88 Å². The maximum Gasteiger partial charge on any atom is 0.0619 e. The molecule has 1 aromatic heterocycles. The van der Waals surface area contributed by atoms with E-state index in [2.05, 4.69) is 210 Å². The zero-order valence-corrected chi connectivity index (χ0v) is 27.5. The summed E-state index contributed by atoms with van der Waals surface area (Å²) in [7, 11) is 0. The van der Waals surface area contributed by atoms with Crippen LogP contribution in [0.2, 0.25) is 0 Å². The van der Waals surface area contributed by atoms with Crippen molar-refractivity contribution in [2.24, 2.45) is 0 Å². The number of rotatable bonds is 7. The average molecular weight is 639 g/mol. The maximum absolute atomic E-state index is 3.77. The minimum atomic E-state index is 1.05. The van der Waals surface area contributed by atoms with Crippen LogP contribution in [0.3, 0.4) is 0 Å². The van der Waals surface area contributed by atoms with Crippen LogP contribution in [0.25, 0.3) is 72.0 Å². The van der Waals surface area contributed by atoms with Crippen LogP contribution >= 0.6 is 0 Å². The molecule has 0 fully saturated rings. The highest BCUT2D eigenvalue weighted by Crippen LogP contribution is 2.41. The number of nitrogens with one attached hydrogen (secondary N) is 1. The Balaban J connectivity index is 1.19. The molecule has 0 aliphatic rings. The number of nitrogens with zero attached hydrogens (tertiary/aromatic N) is 1. The van der Waals surface area contributed by atoms with E-state index in [9.17, 15) is 0 Å². The van der Waals surface area contributed by atoms with Crippen molar-refractivity contribution in [2.45, 2.75) is 0 Å². The standard InChI is InChI=1S/C48H34N2/c1-4-14-34(15-5-1)36-26-29-41(30-27-36)50-47-25-11-10-22-43(47)44-24-13-23-42(48(44)50)39-28-31-46(45(33-39)37-18-8-3-9-19-37)49-40-21-12-20-38(32-40)35-16-6-2-7-17-35/h1-33,49H. The van der Waals surface area contributed by atoms with Crippen molar-refractivity contribution in [3.8, 4) is 50.2 Å². The number of hydrogen-bond acceptors (Lipinski definition) is 1. The molecule has 0 spiro atoms. The van der Waals surface area contributed by atoms with Gasteiger partial charge in [-0.3, -0.25) is 0 Å². The second-order valence-corrected chi connectivity index (χ2v) is 12.7. The molecule has 0 radical (unpaired) electrons. The Morgan fingerprint density at radius 2 is 0.900 bits per heavy atom. The van der Waals surface area contributed by atoms with Gasteiger partial charge in [-0.25, -0.2) is 0 Å². The third-order valence-corrected chi connectivity index (χ3v) is 9.59. The molecule has 0 unspecified atom stereocenters. The smallest absolute Gasteiger partial charge is 0.0619 e. The Labute approximate surface area is 292 Å². The van der Waals surface area contributed by atoms with Gasteiger partial charge in [-0.1, -0.05) is 158 Å². The summed E-state index contributed by atoms with van der Waals surface area (Å²) in [5.41, 5.74) is 15.2. The lowest BCUT2D eigenvalue weighted by Gasteiger charge is -2.17.